The van der Waals surface area contributed by atoms with Gasteiger partial charge in [0.25, 0.3) is 17.9 Å². The molecule has 0 unspecified atom stereocenters. The van der Waals surface area contributed by atoms with Gasteiger partial charge < -0.3 is 40.8 Å². The van der Waals surface area contributed by atoms with E-state index in [2.05, 4.69) is 30.6 Å². The van der Waals surface area contributed by atoms with Crippen LogP contribution in [0.15, 0.2) is 35.3 Å². The summed E-state index contributed by atoms with van der Waals surface area (Å²) >= 11 is 0. The number of hydrogen-bond donors (Lipinski definition) is 6. The number of Topliss-reactive ketones (excluding diaryl/α,β-unsaturated/α-hetero) is 1. The molecule has 1 aromatic carbocycles. The van der Waals surface area contributed by atoms with Gasteiger partial charge in [0.1, 0.15) is 5.78 Å². The molecule has 3 aromatic rings. The van der Waals surface area contributed by atoms with Crippen LogP contribution in [0.25, 0.3) is 11.2 Å². The monoisotopic (exact) mass is 925 g/mol. The Balaban J connectivity index is 1.55. The van der Waals surface area contributed by atoms with Crippen molar-refractivity contribution in [3.8, 4) is 0 Å². The lowest BCUT2D eigenvalue weighted by molar-refractivity contribution is -0.151. The smallest absolute Gasteiger partial charge is 0.307 e. The van der Waals surface area contributed by atoms with Crippen LogP contribution in [0, 0.1) is 17.8 Å². The molecule has 332 valence electrons. The van der Waals surface area contributed by atoms with Gasteiger partial charge in [-0.2, -0.15) is 4.98 Å². The number of nitrogens with zero attached hydrogens (tertiary/aromatic N) is 3. The summed E-state index contributed by atoms with van der Waals surface area (Å²) in [6, 6.07) is 6.28. The maximum absolute atomic E-state index is 13.2. The Morgan fingerprint density at radius 3 is 2.00 bits per heavy atom. The van der Waals surface area contributed by atoms with E-state index in [-0.39, 0.29) is 111 Å². The number of esters is 2. The number of ketones is 1. The highest BCUT2D eigenvalue weighted by Crippen LogP contribution is 2.25. The van der Waals surface area contributed by atoms with Crippen LogP contribution < -0.4 is 21.9 Å². The second-order valence-electron chi connectivity index (χ2n) is 13.2. The molecule has 2 heterocycles. The third-order valence-corrected chi connectivity index (χ3v) is 12.5. The molecular weight excluding hydrogens is 879 g/mol. The number of carbonyl (C=O) groups excluding carboxylic acids is 5. The number of aromatic nitrogens is 4. The second kappa shape index (κ2) is 27.0. The normalized spacial score (nSPS) is 12.5. The van der Waals surface area contributed by atoms with E-state index in [9.17, 15) is 48.6 Å². The molecule has 7 N–H and O–H groups in total. The topological polar surface area (TPSA) is 309 Å². The number of carboxylic acids is 2. The van der Waals surface area contributed by atoms with E-state index in [1.54, 1.807) is 24.6 Å². The molecule has 1 amide bonds. The van der Waals surface area contributed by atoms with Gasteiger partial charge in [-0.25, -0.2) is 9.97 Å². The van der Waals surface area contributed by atoms with Crippen molar-refractivity contribution in [1.29, 1.82) is 0 Å². The first-order chi connectivity index (χ1) is 29.2. The molecule has 0 radical (unpaired) electrons. The number of H-pyrrole nitrogens is 1. The first-order valence-electron chi connectivity index (χ1n) is 18.6. The Morgan fingerprint density at radius 2 is 1.46 bits per heavy atom. The molecule has 0 spiro atoms. The van der Waals surface area contributed by atoms with E-state index in [1.807, 2.05) is 0 Å². The molecule has 3 atom stereocenters. The molecule has 3 rings (SSSR count). The number of hydrogen-bond acceptors (Lipinski definition) is 20. The van der Waals surface area contributed by atoms with Crippen molar-refractivity contribution >= 4 is 108 Å². The lowest BCUT2D eigenvalue weighted by atomic mass is 9.94. The fourth-order valence-electron chi connectivity index (χ4n) is 5.46. The van der Waals surface area contributed by atoms with Gasteiger partial charge in [0, 0.05) is 42.0 Å². The Hall–Kier alpha value is -5.07. The zero-order valence-corrected chi connectivity index (χ0v) is 36.5. The molecule has 0 saturated heterocycles. The molecule has 0 bridgehead atoms. The quantitative estimate of drug-likeness (QED) is 0.0183. The maximum atomic E-state index is 13.2. The van der Waals surface area contributed by atoms with Gasteiger partial charge in [0.2, 0.25) is 5.95 Å². The molecular formula is C37H47N7O13S4. The minimum Gasteiger partial charge on any atom is -0.481 e. The van der Waals surface area contributed by atoms with Crippen molar-refractivity contribution in [2.75, 3.05) is 48.3 Å². The SMILES string of the molecule is CSSC[C@H](CC(=O)OCCC(CCOC(=O)C[C@@H](CSSC)C(=O)O)CC(=O)CC[C@H](NC(=O)c1ccc(NCc2cnc3nc(N)[nH]c(=O)c3n2)cc1)OC=O)C(=O)O. The Kier molecular flexibility index (Phi) is 22.3. The van der Waals surface area contributed by atoms with Gasteiger partial charge in [-0.1, -0.05) is 43.2 Å². The van der Waals surface area contributed by atoms with Crippen LogP contribution in [0.3, 0.4) is 0 Å². The molecule has 2 aromatic heterocycles. The van der Waals surface area contributed by atoms with Gasteiger partial charge in [-0.15, -0.1) is 0 Å². The average Bonchev–Trinajstić information content (AvgIpc) is 3.22. The summed E-state index contributed by atoms with van der Waals surface area (Å²) in [5.41, 5.74) is 6.42. The van der Waals surface area contributed by atoms with Crippen molar-refractivity contribution in [1.82, 2.24) is 25.3 Å². The van der Waals surface area contributed by atoms with Crippen molar-refractivity contribution in [2.24, 2.45) is 17.8 Å². The number of amides is 1. The summed E-state index contributed by atoms with van der Waals surface area (Å²) in [4.78, 5) is 112. The second-order valence-corrected chi connectivity index (χ2v) is 18.4. The number of benzene rings is 1. The zero-order valence-electron chi connectivity index (χ0n) is 33.2. The standard InChI is InChI=1S/C37H47N7O13S4/c1-58-60-18-23(35(51)52)14-29(47)55-11-9-21(10-12-56-30(48)15-24(36(53)54)19-61-59-2)13-27(46)7-8-28(57-20-45)42-33(49)22-3-5-25(6-4-22)39-16-26-17-40-32-31(41-26)34(50)44-37(38)43-32/h3-6,17,20-21,23-24,28,39H,7-16,18-19H2,1-2H3,(H,42,49)(H,51,52)(H,53,54)(H3,38,40,43,44,50)/t23-,24-,28+/m0/s1. The fourth-order valence-corrected chi connectivity index (χ4v) is 8.38. The number of rotatable bonds is 30. The van der Waals surface area contributed by atoms with Gasteiger partial charge >= 0.3 is 23.9 Å². The number of carboxylic acid groups (broad SMARTS) is 2. The Labute approximate surface area is 365 Å². The predicted octanol–water partition coefficient (Wildman–Crippen LogP) is 3.56. The molecule has 20 nitrogen and oxygen atoms in total. The number of nitrogens with two attached hydrogens (primary N) is 1. The highest BCUT2D eigenvalue weighted by Gasteiger charge is 2.25. The summed E-state index contributed by atoms with van der Waals surface area (Å²) in [7, 11) is 5.35. The lowest BCUT2D eigenvalue weighted by Crippen LogP contribution is -2.37. The number of aliphatic carboxylic acids is 2. The van der Waals surface area contributed by atoms with Gasteiger partial charge in [-0.05, 0) is 55.5 Å². The third kappa shape index (κ3) is 18.6. The maximum Gasteiger partial charge on any atom is 0.307 e. The minimum atomic E-state index is -1.16. The molecule has 0 saturated carbocycles. The first-order valence-corrected chi connectivity index (χ1v) is 24.0. The lowest BCUT2D eigenvalue weighted by Gasteiger charge is -2.19. The van der Waals surface area contributed by atoms with Crippen molar-refractivity contribution in [2.45, 2.75) is 57.7 Å². The molecule has 0 aliphatic heterocycles. The van der Waals surface area contributed by atoms with Crippen LogP contribution in [0.2, 0.25) is 0 Å². The molecule has 24 heteroatoms. The molecule has 61 heavy (non-hydrogen) atoms. The van der Waals surface area contributed by atoms with Crippen molar-refractivity contribution in [3.05, 3.63) is 52.1 Å². The number of ether oxygens (including phenoxy) is 3. The van der Waals surface area contributed by atoms with E-state index in [0.717, 1.165) is 0 Å². The average molecular weight is 926 g/mol. The number of nitrogen functional groups attached to an aromatic ring is 1. The number of carbonyl (C=O) groups is 7. The number of aromatic amines is 1. The van der Waals surface area contributed by atoms with Crippen LogP contribution in [0.5, 0.6) is 0 Å². The fraction of sp³-hybridized carbons (Fsp3) is 0.486. The van der Waals surface area contributed by atoms with Gasteiger partial charge in [0.15, 0.2) is 17.4 Å². The number of nitrogens with one attached hydrogen (secondary N) is 3. The number of anilines is 2. The Bertz CT molecular complexity index is 1980. The Morgan fingerprint density at radius 1 is 0.869 bits per heavy atom. The van der Waals surface area contributed by atoms with Gasteiger partial charge in [0.05, 0.1) is 56.3 Å². The van der Waals surface area contributed by atoms with E-state index >= 15 is 0 Å². The van der Waals surface area contributed by atoms with Crippen molar-refractivity contribution in [3.63, 3.8) is 0 Å². The largest absolute Gasteiger partial charge is 0.481 e. The van der Waals surface area contributed by atoms with Crippen LogP contribution in [0.4, 0.5) is 11.6 Å². The summed E-state index contributed by atoms with van der Waals surface area (Å²) in [5.74, 6) is -6.61. The van der Waals surface area contributed by atoms with Crippen molar-refractivity contribution < 1.29 is 58.0 Å². The summed E-state index contributed by atoms with van der Waals surface area (Å²) in [5, 5.41) is 24.6. The zero-order chi connectivity index (χ0) is 44.7. The van der Waals surface area contributed by atoms with Gasteiger partial charge in [-0.3, -0.25) is 43.3 Å². The predicted molar refractivity (Wildman–Crippen MR) is 231 cm³/mol. The molecule has 0 aliphatic rings. The van der Waals surface area contributed by atoms with E-state index < -0.39 is 59.3 Å². The third-order valence-electron chi connectivity index (χ3n) is 8.70. The van der Waals surface area contributed by atoms with E-state index in [0.29, 0.717) is 11.4 Å². The molecule has 0 fully saturated rings. The first kappa shape index (κ1) is 50.3. The summed E-state index contributed by atoms with van der Waals surface area (Å²) < 4.78 is 15.6. The summed E-state index contributed by atoms with van der Waals surface area (Å²) in [6.07, 6.45) is 3.22. The van der Waals surface area contributed by atoms with Crippen LogP contribution in [-0.4, -0.2) is 116 Å². The van der Waals surface area contributed by atoms with E-state index in [1.165, 1.54) is 61.5 Å². The van der Waals surface area contributed by atoms with Crippen LogP contribution >= 0.6 is 43.2 Å². The van der Waals surface area contributed by atoms with E-state index in [4.69, 9.17) is 19.9 Å². The molecule has 0 aliphatic carbocycles. The summed E-state index contributed by atoms with van der Waals surface area (Å²) in [6.45, 7) is 0.0428. The highest BCUT2D eigenvalue weighted by molar-refractivity contribution is 8.76. The van der Waals surface area contributed by atoms with Crippen LogP contribution in [0.1, 0.15) is 61.0 Å². The van der Waals surface area contributed by atoms with Crippen LogP contribution in [-0.2, 0) is 49.5 Å². The minimum absolute atomic E-state index is 0.0291. The number of fused-ring (bicyclic) bond motifs is 1. The highest BCUT2D eigenvalue weighted by atomic mass is 33.1.